The van der Waals surface area contributed by atoms with Crippen LogP contribution >= 0.6 is 63.7 Å². The highest BCUT2D eigenvalue weighted by molar-refractivity contribution is 9.11. The van der Waals surface area contributed by atoms with Crippen LogP contribution in [0.5, 0.6) is 0 Å². The summed E-state index contributed by atoms with van der Waals surface area (Å²) >= 11 is 14.4. The summed E-state index contributed by atoms with van der Waals surface area (Å²) in [6, 6.07) is 19.1. The lowest BCUT2D eigenvalue weighted by atomic mass is 10.2. The maximum Gasteiger partial charge on any atom is 0.0541 e. The first-order valence-corrected chi connectivity index (χ1v) is 10.1. The molecule has 1 nitrogen and oxygen atoms in total. The zero-order chi connectivity index (χ0) is 16.1. The van der Waals surface area contributed by atoms with E-state index in [2.05, 4.69) is 117 Å². The van der Waals surface area contributed by atoms with Gasteiger partial charge in [-0.15, -0.1) is 0 Å². The van der Waals surface area contributed by atoms with E-state index >= 15 is 0 Å². The van der Waals surface area contributed by atoms with Gasteiger partial charge < -0.3 is 4.57 Å². The summed E-state index contributed by atoms with van der Waals surface area (Å²) in [6.45, 7) is 0. The number of halogens is 4. The molecule has 1 heterocycles. The lowest BCUT2D eigenvalue weighted by molar-refractivity contribution is 1.17. The Bertz CT molecular complexity index is 986. The molecule has 0 N–H and O–H groups in total. The van der Waals surface area contributed by atoms with E-state index in [1.165, 1.54) is 21.8 Å². The summed E-state index contributed by atoms with van der Waals surface area (Å²) in [7, 11) is 0. The topological polar surface area (TPSA) is 4.93 Å². The molecule has 3 aromatic carbocycles. The molecule has 23 heavy (non-hydrogen) atoms. The minimum Gasteiger partial charge on any atom is -0.309 e. The molecule has 0 radical (unpaired) electrons. The van der Waals surface area contributed by atoms with Crippen LogP contribution in [0.4, 0.5) is 0 Å². The molecular formula is C18H9Br4N. The fraction of sp³-hybridized carbons (Fsp3) is 0. The standard InChI is InChI=1S/C18H9Br4N/c19-10-1-3-17-15(8-10)16-9-11(20)2-4-18(16)23(17)14-6-12(21)5-13(22)7-14/h1-9H. The Morgan fingerprint density at radius 2 is 1.00 bits per heavy atom. The largest absolute Gasteiger partial charge is 0.309 e. The van der Waals surface area contributed by atoms with Crippen LogP contribution < -0.4 is 0 Å². The Morgan fingerprint density at radius 3 is 1.48 bits per heavy atom. The zero-order valence-electron chi connectivity index (χ0n) is 11.7. The van der Waals surface area contributed by atoms with Gasteiger partial charge in [-0.3, -0.25) is 0 Å². The molecule has 0 saturated heterocycles. The fourth-order valence-corrected chi connectivity index (χ4v) is 4.91. The van der Waals surface area contributed by atoms with Gasteiger partial charge in [0.25, 0.3) is 0 Å². The highest BCUT2D eigenvalue weighted by Gasteiger charge is 2.13. The first-order chi connectivity index (χ1) is 11.0. The van der Waals surface area contributed by atoms with Crippen LogP contribution in [0.2, 0.25) is 0 Å². The summed E-state index contributed by atoms with van der Waals surface area (Å²) in [4.78, 5) is 0. The zero-order valence-corrected chi connectivity index (χ0v) is 18.0. The molecule has 0 aliphatic rings. The Kier molecular flexibility index (Phi) is 4.16. The third-order valence-corrected chi connectivity index (χ3v) is 5.70. The van der Waals surface area contributed by atoms with Crippen molar-refractivity contribution in [3.63, 3.8) is 0 Å². The number of fused-ring (bicyclic) bond motifs is 3. The van der Waals surface area contributed by atoms with Crippen molar-refractivity contribution >= 4 is 85.5 Å². The Balaban J connectivity index is 2.19. The predicted octanol–water partition coefficient (Wildman–Crippen LogP) is 7.83. The van der Waals surface area contributed by atoms with Crippen molar-refractivity contribution in [2.45, 2.75) is 0 Å². The van der Waals surface area contributed by atoms with Crippen molar-refractivity contribution in [1.29, 1.82) is 0 Å². The SMILES string of the molecule is Brc1cc(Br)cc(-n2c3ccc(Br)cc3c3cc(Br)ccc32)c1. The maximum atomic E-state index is 3.59. The quantitative estimate of drug-likeness (QED) is 0.224. The lowest BCUT2D eigenvalue weighted by Gasteiger charge is -2.09. The third-order valence-electron chi connectivity index (χ3n) is 3.79. The van der Waals surface area contributed by atoms with Gasteiger partial charge >= 0.3 is 0 Å². The summed E-state index contributed by atoms with van der Waals surface area (Å²) in [6.07, 6.45) is 0. The second-order valence-electron chi connectivity index (χ2n) is 5.29. The molecule has 0 spiro atoms. The van der Waals surface area contributed by atoms with Gasteiger partial charge in [0.1, 0.15) is 0 Å². The van der Waals surface area contributed by atoms with Gasteiger partial charge in [0.2, 0.25) is 0 Å². The summed E-state index contributed by atoms with van der Waals surface area (Å²) in [5.74, 6) is 0. The van der Waals surface area contributed by atoms with E-state index in [0.717, 1.165) is 23.6 Å². The molecule has 0 bridgehead atoms. The second kappa shape index (κ2) is 6.03. The van der Waals surface area contributed by atoms with Crippen LogP contribution in [0, 0.1) is 0 Å². The molecule has 5 heteroatoms. The number of hydrogen-bond acceptors (Lipinski definition) is 0. The van der Waals surface area contributed by atoms with E-state index in [0.29, 0.717) is 0 Å². The monoisotopic (exact) mass is 555 g/mol. The van der Waals surface area contributed by atoms with Gasteiger partial charge in [-0.1, -0.05) is 63.7 Å². The average molecular weight is 559 g/mol. The minimum absolute atomic E-state index is 1.05. The van der Waals surface area contributed by atoms with E-state index in [9.17, 15) is 0 Å². The number of benzene rings is 3. The first-order valence-electron chi connectivity index (χ1n) is 6.88. The third kappa shape index (κ3) is 2.82. The molecule has 0 saturated carbocycles. The van der Waals surface area contributed by atoms with Crippen LogP contribution in [0.1, 0.15) is 0 Å². The van der Waals surface area contributed by atoms with Crippen molar-refractivity contribution in [2.75, 3.05) is 0 Å². The van der Waals surface area contributed by atoms with Gasteiger partial charge in [0.15, 0.2) is 0 Å². The highest BCUT2D eigenvalue weighted by atomic mass is 79.9. The van der Waals surface area contributed by atoms with E-state index in [-0.39, 0.29) is 0 Å². The maximum absolute atomic E-state index is 3.59. The van der Waals surface area contributed by atoms with Crippen molar-refractivity contribution in [1.82, 2.24) is 4.57 Å². The van der Waals surface area contributed by atoms with Gasteiger partial charge in [0, 0.05) is 34.4 Å². The fourth-order valence-electron chi connectivity index (χ4n) is 2.91. The normalized spacial score (nSPS) is 11.5. The molecule has 0 aliphatic heterocycles. The van der Waals surface area contributed by atoms with Crippen LogP contribution in [-0.4, -0.2) is 4.57 Å². The Labute approximate surface area is 167 Å². The Hall–Kier alpha value is -0.620. The molecule has 0 atom stereocenters. The van der Waals surface area contributed by atoms with E-state index in [1.54, 1.807) is 0 Å². The van der Waals surface area contributed by atoms with Crippen molar-refractivity contribution in [2.24, 2.45) is 0 Å². The van der Waals surface area contributed by atoms with Gasteiger partial charge in [-0.2, -0.15) is 0 Å². The van der Waals surface area contributed by atoms with E-state index in [4.69, 9.17) is 0 Å². The smallest absolute Gasteiger partial charge is 0.0541 e. The molecule has 0 aliphatic carbocycles. The number of hydrogen-bond donors (Lipinski definition) is 0. The molecule has 0 amide bonds. The van der Waals surface area contributed by atoms with Crippen LogP contribution in [0.25, 0.3) is 27.5 Å². The molecular weight excluding hydrogens is 550 g/mol. The van der Waals surface area contributed by atoms with Crippen molar-refractivity contribution in [3.8, 4) is 5.69 Å². The predicted molar refractivity (Wildman–Crippen MR) is 112 cm³/mol. The first kappa shape index (κ1) is 15.9. The second-order valence-corrected chi connectivity index (χ2v) is 8.95. The number of nitrogens with zero attached hydrogens (tertiary/aromatic N) is 1. The number of rotatable bonds is 1. The van der Waals surface area contributed by atoms with Gasteiger partial charge in [-0.05, 0) is 54.6 Å². The summed E-state index contributed by atoms with van der Waals surface area (Å²) in [5.41, 5.74) is 3.49. The molecule has 0 fully saturated rings. The van der Waals surface area contributed by atoms with Crippen molar-refractivity contribution in [3.05, 3.63) is 72.5 Å². The Morgan fingerprint density at radius 1 is 0.522 bits per heavy atom. The average Bonchev–Trinajstić information content (AvgIpc) is 2.79. The van der Waals surface area contributed by atoms with E-state index < -0.39 is 0 Å². The number of aromatic nitrogens is 1. The van der Waals surface area contributed by atoms with Crippen LogP contribution in [-0.2, 0) is 0 Å². The van der Waals surface area contributed by atoms with Crippen molar-refractivity contribution < 1.29 is 0 Å². The summed E-state index contributed by atoms with van der Waals surface area (Å²) in [5, 5.41) is 2.46. The highest BCUT2D eigenvalue weighted by Crippen LogP contribution is 2.36. The molecule has 0 unspecified atom stereocenters. The molecule has 114 valence electrons. The lowest BCUT2D eigenvalue weighted by Crippen LogP contribution is -1.93. The molecule has 1 aromatic heterocycles. The van der Waals surface area contributed by atoms with Gasteiger partial charge in [0.05, 0.1) is 11.0 Å². The van der Waals surface area contributed by atoms with Crippen LogP contribution in [0.15, 0.2) is 72.5 Å². The minimum atomic E-state index is 1.05. The molecule has 4 rings (SSSR count). The van der Waals surface area contributed by atoms with Crippen LogP contribution in [0.3, 0.4) is 0 Å². The van der Waals surface area contributed by atoms with E-state index in [1.807, 2.05) is 6.07 Å². The summed E-state index contributed by atoms with van der Waals surface area (Å²) < 4.78 is 6.55. The van der Waals surface area contributed by atoms with Gasteiger partial charge in [-0.25, -0.2) is 0 Å². The molecule has 4 aromatic rings.